The lowest BCUT2D eigenvalue weighted by molar-refractivity contribution is 0.589. The molecule has 0 unspecified atom stereocenters. The van der Waals surface area contributed by atoms with E-state index in [1.807, 2.05) is 0 Å². The maximum atomic E-state index is 2.44. The van der Waals surface area contributed by atoms with Crippen molar-refractivity contribution < 1.29 is 0 Å². The van der Waals surface area contributed by atoms with Crippen LogP contribution in [0.2, 0.25) is 0 Å². The summed E-state index contributed by atoms with van der Waals surface area (Å²) in [5.74, 6) is 0.828. The molecule has 0 spiro atoms. The zero-order chi connectivity index (χ0) is 11.1. The van der Waals surface area contributed by atoms with Gasteiger partial charge in [0, 0.05) is 0 Å². The molecule has 1 aliphatic carbocycles. The van der Waals surface area contributed by atoms with E-state index >= 15 is 0 Å². The largest absolute Gasteiger partial charge is 0.0648 e. The number of fused-ring (bicyclic) bond motifs is 1. The van der Waals surface area contributed by atoms with Gasteiger partial charge in [0.15, 0.2) is 0 Å². The predicted molar refractivity (Wildman–Crippen MR) is 66.5 cm³/mol. The van der Waals surface area contributed by atoms with Gasteiger partial charge in [0.05, 0.1) is 0 Å². The minimum atomic E-state index is 0.291. The Kier molecular flexibility index (Phi) is 2.62. The average Bonchev–Trinajstić information content (AvgIpc) is 2.58. The van der Waals surface area contributed by atoms with Crippen LogP contribution in [-0.2, 0) is 11.8 Å². The Morgan fingerprint density at radius 2 is 2.00 bits per heavy atom. The van der Waals surface area contributed by atoms with Gasteiger partial charge in [-0.05, 0) is 47.3 Å². The van der Waals surface area contributed by atoms with Crippen LogP contribution in [0, 0.1) is 0 Å². The van der Waals surface area contributed by atoms with E-state index in [9.17, 15) is 0 Å². The van der Waals surface area contributed by atoms with Gasteiger partial charge in [-0.1, -0.05) is 45.9 Å². The molecule has 15 heavy (non-hydrogen) atoms. The fraction of sp³-hybridized carbons (Fsp3) is 0.600. The summed E-state index contributed by atoms with van der Waals surface area (Å²) in [6.07, 6.45) is 3.94. The molecule has 82 valence electrons. The van der Waals surface area contributed by atoms with E-state index in [0.29, 0.717) is 5.41 Å². The lowest BCUT2D eigenvalue weighted by Crippen LogP contribution is -2.11. The molecule has 0 nitrogen and oxygen atoms in total. The van der Waals surface area contributed by atoms with E-state index in [2.05, 4.69) is 45.9 Å². The molecule has 1 atom stereocenters. The Morgan fingerprint density at radius 1 is 1.27 bits per heavy atom. The maximum absolute atomic E-state index is 2.44. The van der Waals surface area contributed by atoms with Crippen LogP contribution in [-0.4, -0.2) is 0 Å². The van der Waals surface area contributed by atoms with Crippen LogP contribution >= 0.6 is 0 Å². The Bertz CT molecular complexity index is 355. The molecule has 0 amide bonds. The first-order valence-corrected chi connectivity index (χ1v) is 6.15. The highest BCUT2D eigenvalue weighted by Gasteiger charge is 2.23. The van der Waals surface area contributed by atoms with E-state index in [1.54, 1.807) is 11.1 Å². The van der Waals surface area contributed by atoms with Crippen molar-refractivity contribution in [1.82, 2.24) is 0 Å². The summed E-state index contributed by atoms with van der Waals surface area (Å²) < 4.78 is 0. The lowest BCUT2D eigenvalue weighted by Gasteiger charge is -2.20. The van der Waals surface area contributed by atoms with Gasteiger partial charge in [0.1, 0.15) is 0 Å². The summed E-state index contributed by atoms with van der Waals surface area (Å²) >= 11 is 0. The van der Waals surface area contributed by atoms with Crippen LogP contribution < -0.4 is 0 Å². The van der Waals surface area contributed by atoms with Gasteiger partial charge in [-0.3, -0.25) is 0 Å². The molecule has 1 aromatic carbocycles. The molecular formula is C15H22. The lowest BCUT2D eigenvalue weighted by atomic mass is 9.85. The highest BCUT2D eigenvalue weighted by Crippen LogP contribution is 2.37. The molecule has 0 aliphatic heterocycles. The molecule has 1 aromatic rings. The minimum absolute atomic E-state index is 0.291. The second-order valence-corrected chi connectivity index (χ2v) is 5.81. The third-order valence-electron chi connectivity index (χ3n) is 3.70. The molecule has 0 saturated carbocycles. The molecule has 0 heteroatoms. The minimum Gasteiger partial charge on any atom is -0.0648 e. The highest BCUT2D eigenvalue weighted by atomic mass is 14.3. The van der Waals surface area contributed by atoms with Crippen LogP contribution in [0.3, 0.4) is 0 Å². The SMILES string of the molecule is CC[C@@H]1CCc2cc(C(C)(C)C)ccc21. The van der Waals surface area contributed by atoms with Gasteiger partial charge < -0.3 is 0 Å². The van der Waals surface area contributed by atoms with Crippen molar-refractivity contribution in [3.63, 3.8) is 0 Å². The van der Waals surface area contributed by atoms with Crippen molar-refractivity contribution in [2.75, 3.05) is 0 Å². The quantitative estimate of drug-likeness (QED) is 0.632. The molecule has 0 N–H and O–H groups in total. The molecule has 0 bridgehead atoms. The van der Waals surface area contributed by atoms with Gasteiger partial charge in [-0.25, -0.2) is 0 Å². The Labute approximate surface area is 93.7 Å². The summed E-state index contributed by atoms with van der Waals surface area (Å²) in [6, 6.07) is 7.13. The zero-order valence-electron chi connectivity index (χ0n) is 10.4. The van der Waals surface area contributed by atoms with E-state index in [0.717, 1.165) is 5.92 Å². The van der Waals surface area contributed by atoms with Crippen molar-refractivity contribution in [2.45, 2.75) is 58.3 Å². The van der Waals surface area contributed by atoms with Gasteiger partial charge in [0.2, 0.25) is 0 Å². The Hall–Kier alpha value is -0.780. The van der Waals surface area contributed by atoms with Crippen LogP contribution in [0.5, 0.6) is 0 Å². The number of hydrogen-bond acceptors (Lipinski definition) is 0. The van der Waals surface area contributed by atoms with E-state index in [4.69, 9.17) is 0 Å². The Morgan fingerprint density at radius 3 is 2.60 bits per heavy atom. The second kappa shape index (κ2) is 3.66. The first kappa shape index (κ1) is 10.7. The van der Waals surface area contributed by atoms with Crippen LogP contribution in [0.1, 0.15) is 63.1 Å². The predicted octanol–water partition coefficient (Wildman–Crippen LogP) is 4.42. The first-order valence-electron chi connectivity index (χ1n) is 6.15. The summed E-state index contributed by atoms with van der Waals surface area (Å²) in [5, 5.41) is 0. The topological polar surface area (TPSA) is 0 Å². The maximum Gasteiger partial charge on any atom is -0.0132 e. The van der Waals surface area contributed by atoms with Crippen LogP contribution in [0.25, 0.3) is 0 Å². The highest BCUT2D eigenvalue weighted by molar-refractivity contribution is 5.40. The third-order valence-corrected chi connectivity index (χ3v) is 3.70. The van der Waals surface area contributed by atoms with E-state index in [-0.39, 0.29) is 0 Å². The third kappa shape index (κ3) is 1.95. The molecular weight excluding hydrogens is 180 g/mol. The van der Waals surface area contributed by atoms with Crippen molar-refractivity contribution >= 4 is 0 Å². The summed E-state index contributed by atoms with van der Waals surface area (Å²) in [6.45, 7) is 9.18. The standard InChI is InChI=1S/C15H22/c1-5-11-6-7-12-10-13(15(2,3)4)8-9-14(11)12/h8-11H,5-7H2,1-4H3/t11-/m1/s1. The Balaban J connectivity index is 2.37. The summed E-state index contributed by atoms with van der Waals surface area (Å²) in [7, 11) is 0. The molecule has 0 radical (unpaired) electrons. The fourth-order valence-corrected chi connectivity index (χ4v) is 2.60. The molecule has 1 aliphatic rings. The number of aryl methyl sites for hydroxylation is 1. The van der Waals surface area contributed by atoms with Gasteiger partial charge in [0.25, 0.3) is 0 Å². The van der Waals surface area contributed by atoms with E-state index in [1.165, 1.54) is 24.8 Å². The molecule has 2 rings (SSSR count). The number of hydrogen-bond donors (Lipinski definition) is 0. The second-order valence-electron chi connectivity index (χ2n) is 5.81. The van der Waals surface area contributed by atoms with Crippen molar-refractivity contribution in [3.05, 3.63) is 34.9 Å². The average molecular weight is 202 g/mol. The van der Waals surface area contributed by atoms with Crippen LogP contribution in [0.4, 0.5) is 0 Å². The monoisotopic (exact) mass is 202 g/mol. The number of benzene rings is 1. The summed E-state index contributed by atoms with van der Waals surface area (Å²) in [4.78, 5) is 0. The van der Waals surface area contributed by atoms with Gasteiger partial charge >= 0.3 is 0 Å². The van der Waals surface area contributed by atoms with Gasteiger partial charge in [-0.2, -0.15) is 0 Å². The fourth-order valence-electron chi connectivity index (χ4n) is 2.60. The van der Waals surface area contributed by atoms with Crippen LogP contribution in [0.15, 0.2) is 18.2 Å². The molecule has 0 aromatic heterocycles. The zero-order valence-corrected chi connectivity index (χ0v) is 10.4. The molecule has 0 heterocycles. The number of rotatable bonds is 1. The van der Waals surface area contributed by atoms with Gasteiger partial charge in [-0.15, -0.1) is 0 Å². The normalized spacial score (nSPS) is 20.4. The summed E-state index contributed by atoms with van der Waals surface area (Å²) in [5.41, 5.74) is 5.00. The first-order chi connectivity index (χ1) is 7.02. The molecule has 0 saturated heterocycles. The van der Waals surface area contributed by atoms with E-state index < -0.39 is 0 Å². The molecule has 0 fully saturated rings. The van der Waals surface area contributed by atoms with Crippen molar-refractivity contribution in [3.8, 4) is 0 Å². The smallest absolute Gasteiger partial charge is 0.0132 e. The van der Waals surface area contributed by atoms with Crippen molar-refractivity contribution in [2.24, 2.45) is 0 Å². The van der Waals surface area contributed by atoms with Crippen molar-refractivity contribution in [1.29, 1.82) is 0 Å².